The third kappa shape index (κ3) is 3.59. The average molecular weight is 415 g/mol. The van der Waals surface area contributed by atoms with Crippen LogP contribution in [0, 0.1) is 12.7 Å². The molecule has 10 heteroatoms. The number of hydrogen-bond donors (Lipinski definition) is 1. The summed E-state index contributed by atoms with van der Waals surface area (Å²) < 4.78 is 55.5. The monoisotopic (exact) mass is 415 g/mol. The van der Waals surface area contributed by atoms with Crippen LogP contribution in [-0.2, 0) is 6.18 Å². The van der Waals surface area contributed by atoms with E-state index in [0.717, 1.165) is 6.20 Å². The molecule has 0 aliphatic rings. The second-order valence-corrected chi connectivity index (χ2v) is 6.45. The number of aromatic nitrogens is 4. The number of alkyl halides is 3. The molecular weight excluding hydrogens is 402 g/mol. The highest BCUT2D eigenvalue weighted by molar-refractivity contribution is 6.02. The lowest BCUT2D eigenvalue weighted by Gasteiger charge is -2.13. The average Bonchev–Trinajstić information content (AvgIpc) is 3.02. The van der Waals surface area contributed by atoms with Crippen LogP contribution in [0.4, 0.5) is 17.6 Å². The largest absolute Gasteiger partial charge is 0.434 e. The molecule has 0 unspecified atom stereocenters. The predicted octanol–water partition coefficient (Wildman–Crippen LogP) is 4.34. The molecule has 1 N–H and O–H groups in total. The van der Waals surface area contributed by atoms with Gasteiger partial charge in [0.2, 0.25) is 0 Å². The topological polar surface area (TPSA) is 72.7 Å². The summed E-state index contributed by atoms with van der Waals surface area (Å²) in [7, 11) is 0. The lowest BCUT2D eigenvalue weighted by Crippen LogP contribution is -2.26. The maximum Gasteiger partial charge on any atom is 0.434 e. The van der Waals surface area contributed by atoms with Crippen molar-refractivity contribution in [1.29, 1.82) is 0 Å². The van der Waals surface area contributed by atoms with E-state index in [1.54, 1.807) is 19.1 Å². The van der Waals surface area contributed by atoms with E-state index >= 15 is 0 Å². The summed E-state index contributed by atoms with van der Waals surface area (Å²) >= 11 is 0. The van der Waals surface area contributed by atoms with Crippen molar-refractivity contribution >= 4 is 16.8 Å². The zero-order valence-electron chi connectivity index (χ0n) is 15.4. The van der Waals surface area contributed by atoms with Gasteiger partial charge in [0.1, 0.15) is 11.5 Å². The van der Waals surface area contributed by atoms with Crippen molar-refractivity contribution in [3.05, 3.63) is 77.6 Å². The van der Waals surface area contributed by atoms with Crippen LogP contribution in [0.5, 0.6) is 0 Å². The summed E-state index contributed by atoms with van der Waals surface area (Å²) in [6, 6.07) is 8.54. The Morgan fingerprint density at radius 3 is 2.63 bits per heavy atom. The van der Waals surface area contributed by atoms with Gasteiger partial charge in [-0.1, -0.05) is 6.07 Å². The van der Waals surface area contributed by atoms with Crippen molar-refractivity contribution in [3.8, 4) is 11.5 Å². The molecule has 30 heavy (non-hydrogen) atoms. The quantitative estimate of drug-likeness (QED) is 0.505. The maximum absolute atomic E-state index is 13.6. The molecule has 152 valence electrons. The molecule has 3 aromatic heterocycles. The van der Waals surface area contributed by atoms with E-state index in [-0.39, 0.29) is 11.5 Å². The summed E-state index contributed by atoms with van der Waals surface area (Å²) in [5.41, 5.74) is 1.46. The Balaban J connectivity index is 1.74. The van der Waals surface area contributed by atoms with Gasteiger partial charge >= 0.3 is 6.18 Å². The minimum absolute atomic E-state index is 0.143. The van der Waals surface area contributed by atoms with Gasteiger partial charge in [-0.3, -0.25) is 19.9 Å². The van der Waals surface area contributed by atoms with Crippen LogP contribution in [0.1, 0.15) is 21.6 Å². The fourth-order valence-corrected chi connectivity index (χ4v) is 3.01. The number of rotatable bonds is 3. The summed E-state index contributed by atoms with van der Waals surface area (Å²) in [6.07, 6.45) is -1.20. The van der Waals surface area contributed by atoms with Crippen LogP contribution in [0.15, 0.2) is 55.0 Å². The first-order valence-corrected chi connectivity index (χ1v) is 8.68. The minimum Gasteiger partial charge on any atom is -0.267 e. The number of carbonyl (C=O) groups is 1. The molecule has 4 aromatic rings. The first-order valence-electron chi connectivity index (χ1n) is 8.68. The molecule has 1 amide bonds. The number of nitrogens with one attached hydrogen (secondary N) is 1. The molecule has 0 bridgehead atoms. The molecule has 0 atom stereocenters. The Labute approximate surface area is 167 Å². The van der Waals surface area contributed by atoms with E-state index < -0.39 is 29.2 Å². The molecule has 0 saturated carbocycles. The lowest BCUT2D eigenvalue weighted by atomic mass is 10.2. The highest BCUT2D eigenvalue weighted by Crippen LogP contribution is 2.31. The summed E-state index contributed by atoms with van der Waals surface area (Å²) in [5.74, 6) is -1.78. The van der Waals surface area contributed by atoms with Crippen molar-refractivity contribution in [1.82, 2.24) is 19.6 Å². The van der Waals surface area contributed by atoms with Gasteiger partial charge < -0.3 is 0 Å². The molecule has 0 aliphatic heterocycles. The van der Waals surface area contributed by atoms with Crippen molar-refractivity contribution in [3.63, 3.8) is 0 Å². The molecule has 3 heterocycles. The molecule has 4 rings (SSSR count). The van der Waals surface area contributed by atoms with E-state index in [2.05, 4.69) is 20.4 Å². The van der Waals surface area contributed by atoms with Gasteiger partial charge in [0, 0.05) is 24.0 Å². The lowest BCUT2D eigenvalue weighted by molar-refractivity contribution is -0.141. The van der Waals surface area contributed by atoms with E-state index in [9.17, 15) is 22.4 Å². The standard InChI is InChI=1S/C20H13F4N5O/c1-11-10-29(16-6-5-12(21)8-13(11)16)28-19(30)14-9-26-18(15-4-2-3-7-25-15)27-17(14)20(22,23)24/h2-10H,1H3,(H,28,30). The van der Waals surface area contributed by atoms with E-state index in [4.69, 9.17) is 0 Å². The Morgan fingerprint density at radius 2 is 1.93 bits per heavy atom. The Hall–Kier alpha value is -3.82. The third-order valence-electron chi connectivity index (χ3n) is 4.38. The Morgan fingerprint density at radius 1 is 1.13 bits per heavy atom. The first-order chi connectivity index (χ1) is 14.2. The van der Waals surface area contributed by atoms with Crippen molar-refractivity contribution in [2.24, 2.45) is 0 Å². The van der Waals surface area contributed by atoms with E-state index in [0.29, 0.717) is 16.5 Å². The molecule has 0 aliphatic carbocycles. The Bertz CT molecular complexity index is 1250. The summed E-state index contributed by atoms with van der Waals surface area (Å²) in [6.45, 7) is 1.69. The van der Waals surface area contributed by atoms with Crippen LogP contribution in [-0.4, -0.2) is 25.5 Å². The van der Waals surface area contributed by atoms with Gasteiger partial charge in [-0.05, 0) is 42.8 Å². The number of amides is 1. The smallest absolute Gasteiger partial charge is 0.267 e. The molecular formula is C20H13F4N5O. The van der Waals surface area contributed by atoms with Crippen molar-refractivity contribution in [2.45, 2.75) is 13.1 Å². The van der Waals surface area contributed by atoms with Gasteiger partial charge in [0.15, 0.2) is 11.5 Å². The third-order valence-corrected chi connectivity index (χ3v) is 4.38. The fraction of sp³-hybridized carbons (Fsp3) is 0.100. The summed E-state index contributed by atoms with van der Waals surface area (Å²) in [5, 5.41) is 0.521. The zero-order chi connectivity index (χ0) is 21.5. The van der Waals surface area contributed by atoms with Gasteiger partial charge in [-0.15, -0.1) is 0 Å². The normalized spacial score (nSPS) is 11.6. The number of benzene rings is 1. The fourth-order valence-electron chi connectivity index (χ4n) is 3.01. The van der Waals surface area contributed by atoms with Gasteiger partial charge in [-0.25, -0.2) is 14.4 Å². The van der Waals surface area contributed by atoms with E-state index in [1.807, 2.05) is 0 Å². The second kappa shape index (κ2) is 7.21. The minimum atomic E-state index is -4.89. The van der Waals surface area contributed by atoms with Crippen molar-refractivity contribution in [2.75, 3.05) is 5.43 Å². The van der Waals surface area contributed by atoms with Gasteiger partial charge in [0.05, 0.1) is 11.1 Å². The second-order valence-electron chi connectivity index (χ2n) is 6.45. The molecule has 1 aromatic carbocycles. The number of aryl methyl sites for hydroxylation is 1. The van der Waals surface area contributed by atoms with Gasteiger partial charge in [0.25, 0.3) is 5.91 Å². The molecule has 6 nitrogen and oxygen atoms in total. The number of pyridine rings is 1. The first kappa shape index (κ1) is 19.5. The highest BCUT2D eigenvalue weighted by Gasteiger charge is 2.38. The highest BCUT2D eigenvalue weighted by atomic mass is 19.4. The van der Waals surface area contributed by atoms with Crippen LogP contribution >= 0.6 is 0 Å². The zero-order valence-corrected chi connectivity index (χ0v) is 15.4. The van der Waals surface area contributed by atoms with E-state index in [1.165, 1.54) is 41.3 Å². The predicted molar refractivity (Wildman–Crippen MR) is 101 cm³/mol. The number of halogens is 4. The van der Waals surface area contributed by atoms with Crippen LogP contribution in [0.2, 0.25) is 0 Å². The molecule has 0 radical (unpaired) electrons. The number of hydrogen-bond acceptors (Lipinski definition) is 4. The van der Waals surface area contributed by atoms with Crippen LogP contribution in [0.25, 0.3) is 22.4 Å². The van der Waals surface area contributed by atoms with Crippen LogP contribution < -0.4 is 5.43 Å². The SMILES string of the molecule is Cc1cn(NC(=O)c2cnc(-c3ccccn3)nc2C(F)(F)F)c2ccc(F)cc12. The van der Waals surface area contributed by atoms with Crippen molar-refractivity contribution < 1.29 is 22.4 Å². The Kier molecular flexibility index (Phi) is 4.69. The number of carbonyl (C=O) groups excluding carboxylic acids is 1. The van der Waals surface area contributed by atoms with Crippen LogP contribution in [0.3, 0.4) is 0 Å². The molecule has 0 saturated heterocycles. The number of fused-ring (bicyclic) bond motifs is 1. The van der Waals surface area contributed by atoms with Gasteiger partial charge in [-0.2, -0.15) is 13.2 Å². The molecule has 0 fully saturated rings. The molecule has 0 spiro atoms. The summed E-state index contributed by atoms with van der Waals surface area (Å²) in [4.78, 5) is 24.0. The maximum atomic E-state index is 13.6. The number of nitrogens with zero attached hydrogens (tertiary/aromatic N) is 4.